The topological polar surface area (TPSA) is 98.2 Å². The number of fused-ring (bicyclic) bond motifs is 1. The Morgan fingerprint density at radius 2 is 2.07 bits per heavy atom. The van der Waals surface area contributed by atoms with Crippen LogP contribution < -0.4 is 11.1 Å². The molecule has 0 spiro atoms. The van der Waals surface area contributed by atoms with Crippen molar-refractivity contribution in [3.05, 3.63) is 47.0 Å². The minimum absolute atomic E-state index is 0. The summed E-state index contributed by atoms with van der Waals surface area (Å²) in [7, 11) is 0. The normalized spacial score (nSPS) is 10.7. The molecule has 144 valence electrons. The second kappa shape index (κ2) is 9.16. The first-order valence-corrected chi connectivity index (χ1v) is 9.60. The molecule has 7 nitrogen and oxygen atoms in total. The SMILES string of the molecule is CSc1cccc(NC(=O)CCc2c(C)nc3nc(CN)nn3c2C)c1.Cl. The maximum absolute atomic E-state index is 12.3. The van der Waals surface area contributed by atoms with Crippen molar-refractivity contribution < 1.29 is 4.79 Å². The van der Waals surface area contributed by atoms with Gasteiger partial charge in [-0.15, -0.1) is 29.3 Å². The number of halogens is 1. The van der Waals surface area contributed by atoms with Crippen LogP contribution in [0.5, 0.6) is 0 Å². The fraction of sp³-hybridized carbons (Fsp3) is 0.333. The molecule has 1 aromatic carbocycles. The van der Waals surface area contributed by atoms with Crippen LogP contribution >= 0.6 is 24.2 Å². The number of carbonyl (C=O) groups excluding carboxylic acids is 1. The van der Waals surface area contributed by atoms with Crippen molar-refractivity contribution in [2.45, 2.75) is 38.1 Å². The number of nitrogens with one attached hydrogen (secondary N) is 1. The van der Waals surface area contributed by atoms with E-state index in [9.17, 15) is 4.79 Å². The fourth-order valence-electron chi connectivity index (χ4n) is 2.86. The number of carbonyl (C=O) groups is 1. The lowest BCUT2D eigenvalue weighted by molar-refractivity contribution is -0.116. The molecule has 0 bridgehead atoms. The molecule has 0 aliphatic heterocycles. The van der Waals surface area contributed by atoms with E-state index in [0.717, 1.165) is 27.5 Å². The summed E-state index contributed by atoms with van der Waals surface area (Å²) in [6, 6.07) is 7.82. The molecule has 3 aromatic rings. The van der Waals surface area contributed by atoms with Gasteiger partial charge >= 0.3 is 0 Å². The molecule has 0 aliphatic carbocycles. The van der Waals surface area contributed by atoms with Crippen molar-refractivity contribution in [2.75, 3.05) is 11.6 Å². The van der Waals surface area contributed by atoms with Crippen LogP contribution in [0, 0.1) is 13.8 Å². The Morgan fingerprint density at radius 3 is 2.78 bits per heavy atom. The van der Waals surface area contributed by atoms with Gasteiger partial charge < -0.3 is 11.1 Å². The second-order valence-electron chi connectivity index (χ2n) is 5.99. The van der Waals surface area contributed by atoms with E-state index in [-0.39, 0.29) is 24.9 Å². The van der Waals surface area contributed by atoms with Crippen LogP contribution in [-0.2, 0) is 17.8 Å². The van der Waals surface area contributed by atoms with E-state index < -0.39 is 0 Å². The largest absolute Gasteiger partial charge is 0.326 e. The van der Waals surface area contributed by atoms with Crippen LogP contribution in [0.3, 0.4) is 0 Å². The molecule has 0 fully saturated rings. The number of nitrogens with two attached hydrogens (primary N) is 1. The summed E-state index contributed by atoms with van der Waals surface area (Å²) in [5.74, 6) is 1.08. The Kier molecular flexibility index (Phi) is 7.18. The Labute approximate surface area is 168 Å². The van der Waals surface area contributed by atoms with Crippen molar-refractivity contribution in [1.29, 1.82) is 0 Å². The van der Waals surface area contributed by atoms with Crippen LogP contribution in [0.2, 0.25) is 0 Å². The fourth-order valence-corrected chi connectivity index (χ4v) is 3.32. The molecule has 3 rings (SSSR count). The summed E-state index contributed by atoms with van der Waals surface area (Å²) in [5.41, 5.74) is 9.24. The number of thioether (sulfide) groups is 1. The van der Waals surface area contributed by atoms with Crippen LogP contribution in [0.4, 0.5) is 5.69 Å². The number of aryl methyl sites for hydroxylation is 2. The first-order valence-electron chi connectivity index (χ1n) is 8.37. The summed E-state index contributed by atoms with van der Waals surface area (Å²) in [6.45, 7) is 4.17. The Balaban J connectivity index is 0.00000261. The van der Waals surface area contributed by atoms with Gasteiger partial charge in [0, 0.05) is 28.4 Å². The predicted octanol–water partition coefficient (Wildman–Crippen LogP) is 2.91. The van der Waals surface area contributed by atoms with Gasteiger partial charge in [-0.1, -0.05) is 6.07 Å². The van der Waals surface area contributed by atoms with Gasteiger partial charge in [-0.3, -0.25) is 4.79 Å². The molecule has 0 aliphatic rings. The van der Waals surface area contributed by atoms with Crippen molar-refractivity contribution >= 4 is 41.5 Å². The second-order valence-corrected chi connectivity index (χ2v) is 6.86. The average molecular weight is 407 g/mol. The van der Waals surface area contributed by atoms with Crippen molar-refractivity contribution in [3.63, 3.8) is 0 Å². The quantitative estimate of drug-likeness (QED) is 0.611. The summed E-state index contributed by atoms with van der Waals surface area (Å²) in [5, 5.41) is 7.31. The number of anilines is 1. The van der Waals surface area contributed by atoms with Crippen LogP contribution in [-0.4, -0.2) is 31.7 Å². The third-order valence-electron chi connectivity index (χ3n) is 4.23. The standard InChI is InChI=1S/C18H22N6OS.ClH/c1-11-15(12(2)24-18(20-11)22-16(10-19)23-24)7-8-17(25)21-13-5-4-6-14(9-13)26-3;/h4-6,9H,7-8,10,19H2,1-3H3,(H,21,25);1H. The maximum atomic E-state index is 12.3. The number of aromatic nitrogens is 4. The molecule has 0 atom stereocenters. The molecule has 0 unspecified atom stereocenters. The highest BCUT2D eigenvalue weighted by Gasteiger charge is 2.14. The number of amides is 1. The maximum Gasteiger partial charge on any atom is 0.252 e. The highest BCUT2D eigenvalue weighted by Crippen LogP contribution is 2.20. The zero-order valence-corrected chi connectivity index (χ0v) is 17.2. The molecule has 0 saturated carbocycles. The average Bonchev–Trinajstić information content (AvgIpc) is 3.05. The lowest BCUT2D eigenvalue weighted by atomic mass is 10.1. The molecule has 2 heterocycles. The van der Waals surface area contributed by atoms with Crippen LogP contribution in [0.15, 0.2) is 29.2 Å². The first kappa shape index (κ1) is 21.1. The van der Waals surface area contributed by atoms with E-state index >= 15 is 0 Å². The lowest BCUT2D eigenvalue weighted by Crippen LogP contribution is -2.14. The van der Waals surface area contributed by atoms with Gasteiger partial charge in [0.15, 0.2) is 5.82 Å². The molecule has 0 radical (unpaired) electrons. The van der Waals surface area contributed by atoms with Gasteiger partial charge in [0.1, 0.15) is 0 Å². The molecule has 3 N–H and O–H groups in total. The Morgan fingerprint density at radius 1 is 1.30 bits per heavy atom. The molecule has 1 amide bonds. The van der Waals surface area contributed by atoms with E-state index in [0.29, 0.717) is 24.4 Å². The molecule has 2 aromatic heterocycles. The van der Waals surface area contributed by atoms with Crippen molar-refractivity contribution in [2.24, 2.45) is 5.73 Å². The summed E-state index contributed by atoms with van der Waals surface area (Å²) >= 11 is 1.64. The molecule has 9 heteroatoms. The van der Waals surface area contributed by atoms with Gasteiger partial charge in [0.2, 0.25) is 5.91 Å². The highest BCUT2D eigenvalue weighted by atomic mass is 35.5. The smallest absolute Gasteiger partial charge is 0.252 e. The van der Waals surface area contributed by atoms with Gasteiger partial charge in [-0.2, -0.15) is 4.98 Å². The Bertz CT molecular complexity index is 958. The van der Waals surface area contributed by atoms with Crippen molar-refractivity contribution in [1.82, 2.24) is 19.6 Å². The Hall–Kier alpha value is -2.16. The van der Waals surface area contributed by atoms with E-state index in [1.54, 1.807) is 16.3 Å². The minimum atomic E-state index is -0.0246. The minimum Gasteiger partial charge on any atom is -0.326 e. The number of rotatable bonds is 6. The monoisotopic (exact) mass is 406 g/mol. The first-order chi connectivity index (χ1) is 12.5. The third kappa shape index (κ3) is 4.77. The van der Waals surface area contributed by atoms with Crippen molar-refractivity contribution in [3.8, 4) is 0 Å². The van der Waals surface area contributed by atoms with E-state index in [1.165, 1.54) is 0 Å². The zero-order chi connectivity index (χ0) is 18.7. The molecule has 0 saturated heterocycles. The number of nitrogens with zero attached hydrogens (tertiary/aromatic N) is 4. The highest BCUT2D eigenvalue weighted by molar-refractivity contribution is 7.98. The van der Waals surface area contributed by atoms with E-state index in [4.69, 9.17) is 5.73 Å². The summed E-state index contributed by atoms with van der Waals surface area (Å²) < 4.78 is 1.70. The van der Waals surface area contributed by atoms with Gasteiger partial charge in [0.05, 0.1) is 6.54 Å². The van der Waals surface area contributed by atoms with Gasteiger partial charge in [0.25, 0.3) is 5.78 Å². The van der Waals surface area contributed by atoms with Gasteiger partial charge in [-0.05, 0) is 50.3 Å². The van der Waals surface area contributed by atoms with E-state index in [2.05, 4.69) is 20.4 Å². The van der Waals surface area contributed by atoms with Gasteiger partial charge in [-0.25, -0.2) is 9.50 Å². The van der Waals surface area contributed by atoms with Crippen LogP contribution in [0.1, 0.15) is 29.2 Å². The molecular formula is C18H23ClN6OS. The zero-order valence-electron chi connectivity index (χ0n) is 15.5. The lowest BCUT2D eigenvalue weighted by Gasteiger charge is -2.11. The summed E-state index contributed by atoms with van der Waals surface area (Å²) in [6.07, 6.45) is 2.97. The molecular weight excluding hydrogens is 384 g/mol. The number of benzene rings is 1. The third-order valence-corrected chi connectivity index (χ3v) is 4.96. The summed E-state index contributed by atoms with van der Waals surface area (Å²) in [4.78, 5) is 22.2. The van der Waals surface area contributed by atoms with Crippen LogP contribution in [0.25, 0.3) is 5.78 Å². The predicted molar refractivity (Wildman–Crippen MR) is 111 cm³/mol. The molecule has 27 heavy (non-hydrogen) atoms. The number of hydrogen-bond acceptors (Lipinski definition) is 6. The van der Waals surface area contributed by atoms with E-state index in [1.807, 2.05) is 44.4 Å². The number of hydrogen-bond donors (Lipinski definition) is 2.